The van der Waals surface area contributed by atoms with Crippen molar-refractivity contribution in [2.24, 2.45) is 0 Å². The first-order chi connectivity index (χ1) is 14.3. The van der Waals surface area contributed by atoms with Gasteiger partial charge >= 0.3 is 0 Å². The number of hydrogen-bond acceptors (Lipinski definition) is 3. The molecule has 0 aliphatic rings. The van der Waals surface area contributed by atoms with Crippen LogP contribution in [0.15, 0.2) is 40.9 Å². The first-order valence-electron chi connectivity index (χ1n) is 9.35. The summed E-state index contributed by atoms with van der Waals surface area (Å²) in [5.41, 5.74) is 0.758. The highest BCUT2D eigenvalue weighted by Gasteiger charge is 2.29. The molecule has 9 heteroatoms. The van der Waals surface area contributed by atoms with Crippen LogP contribution < -0.4 is 10.1 Å². The number of carbonyl (C=O) groups is 2. The first kappa shape index (κ1) is 24.8. The van der Waals surface area contributed by atoms with Crippen molar-refractivity contribution < 1.29 is 14.3 Å². The summed E-state index contributed by atoms with van der Waals surface area (Å²) in [4.78, 5) is 27.2. The van der Waals surface area contributed by atoms with Gasteiger partial charge in [0.05, 0.1) is 14.5 Å². The van der Waals surface area contributed by atoms with E-state index in [-0.39, 0.29) is 25.0 Å². The highest BCUT2D eigenvalue weighted by atomic mass is 79.9. The molecule has 0 saturated heterocycles. The Balaban J connectivity index is 2.24. The molecule has 2 aromatic carbocycles. The Hall–Kier alpha value is -1.47. The molecule has 2 rings (SSSR count). The summed E-state index contributed by atoms with van der Waals surface area (Å²) in [6.45, 7) is 4.11. The number of hydrogen-bond donors (Lipinski definition) is 1. The maximum absolute atomic E-state index is 13.1. The fourth-order valence-electron chi connectivity index (χ4n) is 2.86. The molecular formula is C21H22BrCl3N2O3. The second-order valence-electron chi connectivity index (χ2n) is 6.45. The van der Waals surface area contributed by atoms with Gasteiger partial charge in [0.15, 0.2) is 6.61 Å². The number of carbonyl (C=O) groups excluding carboxylic acids is 2. The van der Waals surface area contributed by atoms with E-state index in [2.05, 4.69) is 21.2 Å². The third kappa shape index (κ3) is 6.77. The lowest BCUT2D eigenvalue weighted by atomic mass is 10.1. The fourth-order valence-corrected chi connectivity index (χ4v) is 3.98. The third-order valence-electron chi connectivity index (χ3n) is 4.32. The molecule has 0 aromatic heterocycles. The number of likely N-dealkylation sites (N-methyl/N-ethyl adjacent to an activating group) is 1. The number of amides is 2. The minimum Gasteiger partial charge on any atom is -0.483 e. The lowest BCUT2D eigenvalue weighted by molar-refractivity contribution is -0.142. The lowest BCUT2D eigenvalue weighted by Gasteiger charge is -2.30. The molecule has 30 heavy (non-hydrogen) atoms. The Morgan fingerprint density at radius 1 is 1.10 bits per heavy atom. The van der Waals surface area contributed by atoms with Crippen LogP contribution in [0, 0.1) is 0 Å². The molecule has 0 fully saturated rings. The molecular weight excluding hydrogens is 515 g/mol. The van der Waals surface area contributed by atoms with Gasteiger partial charge in [0, 0.05) is 18.1 Å². The second-order valence-corrected chi connectivity index (χ2v) is 8.56. The van der Waals surface area contributed by atoms with E-state index in [0.717, 1.165) is 5.56 Å². The highest BCUT2D eigenvalue weighted by molar-refractivity contribution is 9.10. The number of rotatable bonds is 9. The summed E-state index contributed by atoms with van der Waals surface area (Å²) in [5.74, 6) is -0.0737. The van der Waals surface area contributed by atoms with Crippen LogP contribution in [0.2, 0.25) is 15.1 Å². The van der Waals surface area contributed by atoms with Crippen LogP contribution in [-0.4, -0.2) is 35.9 Å². The molecule has 0 spiro atoms. The van der Waals surface area contributed by atoms with Crippen molar-refractivity contribution in [3.63, 3.8) is 0 Å². The Kier molecular flexibility index (Phi) is 9.75. The monoisotopic (exact) mass is 534 g/mol. The van der Waals surface area contributed by atoms with Crippen molar-refractivity contribution in [1.29, 1.82) is 0 Å². The van der Waals surface area contributed by atoms with E-state index < -0.39 is 6.04 Å². The van der Waals surface area contributed by atoms with E-state index in [9.17, 15) is 9.59 Å². The average Bonchev–Trinajstić information content (AvgIpc) is 2.70. The summed E-state index contributed by atoms with van der Waals surface area (Å²) in [7, 11) is 0. The number of ether oxygens (including phenoxy) is 1. The molecule has 5 nitrogen and oxygen atoms in total. The standard InChI is InChI=1S/C21H22BrCl3N2O3/c1-3-18(21(29)26-4-2)27(11-13-5-7-16(24)17(25)9-13)20(28)12-30-19-8-6-14(23)10-15(19)22/h5-10,18H,3-4,11-12H2,1-2H3,(H,26,29). The zero-order valence-corrected chi connectivity index (χ0v) is 20.4. The Labute approximate surface area is 199 Å². The van der Waals surface area contributed by atoms with E-state index in [1.807, 2.05) is 13.8 Å². The van der Waals surface area contributed by atoms with Crippen LogP contribution >= 0.6 is 50.7 Å². The molecule has 0 aliphatic heterocycles. The van der Waals surface area contributed by atoms with Gasteiger partial charge in [-0.1, -0.05) is 47.8 Å². The van der Waals surface area contributed by atoms with Gasteiger partial charge in [0.25, 0.3) is 5.91 Å². The average molecular weight is 537 g/mol. The van der Waals surface area contributed by atoms with Crippen LogP contribution in [0.1, 0.15) is 25.8 Å². The summed E-state index contributed by atoms with van der Waals surface area (Å²) in [6, 6.07) is 9.49. The van der Waals surface area contributed by atoms with E-state index >= 15 is 0 Å². The van der Waals surface area contributed by atoms with Crippen LogP contribution in [0.5, 0.6) is 5.75 Å². The molecule has 2 aromatic rings. The van der Waals surface area contributed by atoms with Crippen LogP contribution in [0.4, 0.5) is 0 Å². The molecule has 0 radical (unpaired) electrons. The van der Waals surface area contributed by atoms with Gasteiger partial charge in [-0.25, -0.2) is 0 Å². The SMILES string of the molecule is CCNC(=O)C(CC)N(Cc1ccc(Cl)c(Cl)c1)C(=O)COc1ccc(Cl)cc1Br. The number of halogens is 4. The second kappa shape index (κ2) is 11.8. The van der Waals surface area contributed by atoms with Crippen molar-refractivity contribution in [3.05, 3.63) is 61.5 Å². The van der Waals surface area contributed by atoms with Gasteiger partial charge in [-0.2, -0.15) is 0 Å². The zero-order valence-electron chi connectivity index (χ0n) is 16.6. The molecule has 162 valence electrons. The maximum Gasteiger partial charge on any atom is 0.261 e. The Morgan fingerprint density at radius 3 is 2.43 bits per heavy atom. The lowest BCUT2D eigenvalue weighted by Crippen LogP contribution is -2.50. The summed E-state index contributed by atoms with van der Waals surface area (Å²) >= 11 is 21.4. The molecule has 0 aliphatic carbocycles. The van der Waals surface area contributed by atoms with E-state index in [4.69, 9.17) is 39.5 Å². The van der Waals surface area contributed by atoms with E-state index in [1.165, 1.54) is 4.90 Å². The van der Waals surface area contributed by atoms with Gasteiger partial charge in [-0.15, -0.1) is 0 Å². The minimum absolute atomic E-state index is 0.191. The van der Waals surface area contributed by atoms with Crippen molar-refractivity contribution in [1.82, 2.24) is 10.2 Å². The van der Waals surface area contributed by atoms with Crippen molar-refractivity contribution >= 4 is 62.5 Å². The van der Waals surface area contributed by atoms with Crippen molar-refractivity contribution in [2.45, 2.75) is 32.9 Å². The van der Waals surface area contributed by atoms with Crippen LogP contribution in [0.3, 0.4) is 0 Å². The Morgan fingerprint density at radius 2 is 1.83 bits per heavy atom. The minimum atomic E-state index is -0.649. The largest absolute Gasteiger partial charge is 0.483 e. The molecule has 0 saturated carbocycles. The molecule has 2 amide bonds. The van der Waals surface area contributed by atoms with Gasteiger partial charge in [0.1, 0.15) is 11.8 Å². The quantitative estimate of drug-likeness (QED) is 0.445. The van der Waals surface area contributed by atoms with Crippen molar-refractivity contribution in [3.8, 4) is 5.75 Å². The highest BCUT2D eigenvalue weighted by Crippen LogP contribution is 2.28. The topological polar surface area (TPSA) is 58.6 Å². The van der Waals surface area contributed by atoms with E-state index in [0.29, 0.717) is 38.3 Å². The van der Waals surface area contributed by atoms with Crippen LogP contribution in [-0.2, 0) is 16.1 Å². The van der Waals surface area contributed by atoms with Gasteiger partial charge in [0.2, 0.25) is 5.91 Å². The molecule has 0 heterocycles. The van der Waals surface area contributed by atoms with Crippen LogP contribution in [0.25, 0.3) is 0 Å². The summed E-state index contributed by atoms with van der Waals surface area (Å²) < 4.78 is 6.31. The smallest absolute Gasteiger partial charge is 0.261 e. The summed E-state index contributed by atoms with van der Waals surface area (Å²) in [6.07, 6.45) is 0.448. The Bertz CT molecular complexity index is 911. The zero-order chi connectivity index (χ0) is 22.3. The van der Waals surface area contributed by atoms with Gasteiger partial charge in [-0.3, -0.25) is 9.59 Å². The third-order valence-corrected chi connectivity index (χ3v) is 5.91. The normalized spacial score (nSPS) is 11.7. The molecule has 1 unspecified atom stereocenters. The maximum atomic E-state index is 13.1. The van der Waals surface area contributed by atoms with E-state index in [1.54, 1.807) is 36.4 Å². The molecule has 0 bridgehead atoms. The first-order valence-corrected chi connectivity index (χ1v) is 11.3. The van der Waals surface area contributed by atoms with Gasteiger partial charge < -0.3 is 15.0 Å². The number of benzene rings is 2. The molecule has 1 atom stereocenters. The summed E-state index contributed by atoms with van der Waals surface area (Å²) in [5, 5.41) is 4.13. The molecule has 1 N–H and O–H groups in total. The predicted octanol–water partition coefficient (Wildman–Crippen LogP) is 5.73. The number of nitrogens with one attached hydrogen (secondary N) is 1. The number of nitrogens with zero attached hydrogens (tertiary/aromatic N) is 1. The van der Waals surface area contributed by atoms with Gasteiger partial charge in [-0.05, 0) is 65.2 Å². The predicted molar refractivity (Wildman–Crippen MR) is 124 cm³/mol. The van der Waals surface area contributed by atoms with Crippen molar-refractivity contribution in [2.75, 3.05) is 13.2 Å². The fraction of sp³-hybridized carbons (Fsp3) is 0.333.